The monoisotopic (exact) mass is 398 g/mol. The molecule has 1 saturated heterocycles. The number of halogens is 2. The molecule has 4 rings (SSSR count). The summed E-state index contributed by atoms with van der Waals surface area (Å²) in [6.07, 6.45) is 1.25. The maximum absolute atomic E-state index is 14.1. The van der Waals surface area contributed by atoms with Gasteiger partial charge >= 0.3 is 0 Å². The highest BCUT2D eigenvalue weighted by Crippen LogP contribution is 2.31. The molecular formula is C23H24ClFN2O. The van der Waals surface area contributed by atoms with Crippen LogP contribution in [0.1, 0.15) is 25.8 Å². The molecule has 2 unspecified atom stereocenters. The van der Waals surface area contributed by atoms with Crippen LogP contribution in [0.2, 0.25) is 5.02 Å². The number of anilines is 1. The van der Waals surface area contributed by atoms with Crippen LogP contribution >= 0.6 is 11.6 Å². The molecule has 0 amide bonds. The van der Waals surface area contributed by atoms with Crippen molar-refractivity contribution < 1.29 is 9.13 Å². The van der Waals surface area contributed by atoms with Crippen LogP contribution in [0.5, 0.6) is 5.75 Å². The summed E-state index contributed by atoms with van der Waals surface area (Å²) in [6, 6.07) is 14.6. The third kappa shape index (κ3) is 3.93. The predicted molar refractivity (Wildman–Crippen MR) is 113 cm³/mol. The molecule has 3 nitrogen and oxygen atoms in total. The molecule has 2 heterocycles. The van der Waals surface area contributed by atoms with Crippen LogP contribution in [0.3, 0.4) is 0 Å². The number of piperidine rings is 1. The van der Waals surface area contributed by atoms with Gasteiger partial charge in [-0.1, -0.05) is 43.6 Å². The molecule has 0 aliphatic carbocycles. The molecule has 0 saturated carbocycles. The largest absolute Gasteiger partial charge is 0.486 e. The van der Waals surface area contributed by atoms with E-state index in [1.165, 1.54) is 12.5 Å². The van der Waals surface area contributed by atoms with Crippen LogP contribution in [-0.2, 0) is 6.61 Å². The fourth-order valence-corrected chi connectivity index (χ4v) is 4.29. The molecule has 1 aliphatic rings. The number of pyridine rings is 1. The lowest BCUT2D eigenvalue weighted by molar-refractivity contribution is 0.303. The molecule has 2 aromatic carbocycles. The van der Waals surface area contributed by atoms with E-state index in [1.807, 2.05) is 18.2 Å². The molecule has 28 heavy (non-hydrogen) atoms. The van der Waals surface area contributed by atoms with Crippen molar-refractivity contribution in [3.05, 3.63) is 64.9 Å². The maximum atomic E-state index is 14.1. The molecule has 0 spiro atoms. The van der Waals surface area contributed by atoms with Crippen molar-refractivity contribution in [3.63, 3.8) is 0 Å². The molecule has 146 valence electrons. The van der Waals surface area contributed by atoms with Crippen LogP contribution < -0.4 is 9.64 Å². The minimum Gasteiger partial charge on any atom is -0.486 e. The van der Waals surface area contributed by atoms with E-state index in [2.05, 4.69) is 30.9 Å². The van der Waals surface area contributed by atoms with Gasteiger partial charge in [-0.05, 0) is 48.6 Å². The number of hydrogen-bond donors (Lipinski definition) is 0. The van der Waals surface area contributed by atoms with Gasteiger partial charge < -0.3 is 9.64 Å². The van der Waals surface area contributed by atoms with Gasteiger partial charge in [0.2, 0.25) is 0 Å². The van der Waals surface area contributed by atoms with Crippen LogP contribution in [0.4, 0.5) is 10.2 Å². The fourth-order valence-electron chi connectivity index (χ4n) is 4.07. The smallest absolute Gasteiger partial charge is 0.146 e. The SMILES string of the molecule is CC1CC(C)CN(c2ccc3cccc(OCc4c(F)cccc4Cl)c3n2)C1. The van der Waals surface area contributed by atoms with E-state index < -0.39 is 0 Å². The Kier molecular flexibility index (Phi) is 5.40. The average molecular weight is 399 g/mol. The Labute approximate surface area is 170 Å². The van der Waals surface area contributed by atoms with Crippen LogP contribution in [0, 0.1) is 17.7 Å². The third-order valence-electron chi connectivity index (χ3n) is 5.30. The minimum atomic E-state index is -0.363. The Morgan fingerprint density at radius 3 is 2.57 bits per heavy atom. The molecule has 2 atom stereocenters. The summed E-state index contributed by atoms with van der Waals surface area (Å²) in [5.41, 5.74) is 1.15. The zero-order chi connectivity index (χ0) is 19.7. The van der Waals surface area contributed by atoms with Crippen LogP contribution in [0.15, 0.2) is 48.5 Å². The molecule has 5 heteroatoms. The Morgan fingerprint density at radius 2 is 1.82 bits per heavy atom. The standard InChI is InChI=1S/C23H24ClFN2O/c1-15-11-16(2)13-27(12-15)22-10-9-17-5-3-8-21(23(17)26-22)28-14-18-19(24)6-4-7-20(18)25/h3-10,15-16H,11-14H2,1-2H3. The number of hydrogen-bond acceptors (Lipinski definition) is 3. The highest BCUT2D eigenvalue weighted by molar-refractivity contribution is 6.31. The Bertz CT molecular complexity index is 963. The molecule has 1 aliphatic heterocycles. The van der Waals surface area contributed by atoms with E-state index in [1.54, 1.807) is 12.1 Å². The van der Waals surface area contributed by atoms with E-state index >= 15 is 0 Å². The fraction of sp³-hybridized carbons (Fsp3) is 0.348. The van der Waals surface area contributed by atoms with Gasteiger partial charge in [0, 0.05) is 24.0 Å². The molecule has 0 N–H and O–H groups in total. The minimum absolute atomic E-state index is 0.0638. The molecule has 0 radical (unpaired) electrons. The predicted octanol–water partition coefficient (Wildman–Crippen LogP) is 6.09. The molecule has 0 bridgehead atoms. The van der Waals surface area contributed by atoms with E-state index in [-0.39, 0.29) is 12.4 Å². The molecule has 1 fully saturated rings. The van der Waals surface area contributed by atoms with Crippen molar-refractivity contribution in [1.82, 2.24) is 4.98 Å². The number of para-hydroxylation sites is 1. The van der Waals surface area contributed by atoms with Crippen molar-refractivity contribution in [2.45, 2.75) is 26.9 Å². The van der Waals surface area contributed by atoms with E-state index in [0.29, 0.717) is 28.2 Å². The van der Waals surface area contributed by atoms with E-state index in [0.717, 1.165) is 29.8 Å². The van der Waals surface area contributed by atoms with Crippen molar-refractivity contribution >= 4 is 28.3 Å². The first kappa shape index (κ1) is 19.0. The van der Waals surface area contributed by atoms with Crippen molar-refractivity contribution in [1.29, 1.82) is 0 Å². The normalized spacial score (nSPS) is 19.8. The topological polar surface area (TPSA) is 25.4 Å². The Hall–Kier alpha value is -2.33. The molecular weight excluding hydrogens is 375 g/mol. The zero-order valence-corrected chi connectivity index (χ0v) is 16.9. The number of rotatable bonds is 4. The first-order valence-corrected chi connectivity index (χ1v) is 10.1. The number of ether oxygens (including phenoxy) is 1. The van der Waals surface area contributed by atoms with Gasteiger partial charge in [0.15, 0.2) is 0 Å². The second kappa shape index (κ2) is 7.96. The number of benzene rings is 2. The highest BCUT2D eigenvalue weighted by Gasteiger charge is 2.23. The number of nitrogens with zero attached hydrogens (tertiary/aromatic N) is 2. The van der Waals surface area contributed by atoms with Crippen molar-refractivity contribution in [3.8, 4) is 5.75 Å². The van der Waals surface area contributed by atoms with E-state index in [4.69, 9.17) is 21.3 Å². The van der Waals surface area contributed by atoms with Gasteiger partial charge in [0.1, 0.15) is 29.5 Å². The maximum Gasteiger partial charge on any atom is 0.146 e. The van der Waals surface area contributed by atoms with Crippen molar-refractivity contribution in [2.24, 2.45) is 11.8 Å². The zero-order valence-electron chi connectivity index (χ0n) is 16.2. The first-order chi connectivity index (χ1) is 13.5. The quantitative estimate of drug-likeness (QED) is 0.531. The lowest BCUT2D eigenvalue weighted by atomic mass is 9.92. The second-order valence-electron chi connectivity index (χ2n) is 7.84. The van der Waals surface area contributed by atoms with Gasteiger partial charge in [0.25, 0.3) is 0 Å². The van der Waals surface area contributed by atoms with Gasteiger partial charge in [-0.25, -0.2) is 9.37 Å². The Morgan fingerprint density at radius 1 is 1.07 bits per heavy atom. The van der Waals surface area contributed by atoms with Gasteiger partial charge in [-0.3, -0.25) is 0 Å². The summed E-state index contributed by atoms with van der Waals surface area (Å²) in [6.45, 7) is 6.66. The summed E-state index contributed by atoms with van der Waals surface area (Å²) < 4.78 is 20.0. The first-order valence-electron chi connectivity index (χ1n) is 9.71. The van der Waals surface area contributed by atoms with Gasteiger partial charge in [-0.2, -0.15) is 0 Å². The number of fused-ring (bicyclic) bond motifs is 1. The lowest BCUT2D eigenvalue weighted by Crippen LogP contribution is -2.39. The molecule has 1 aromatic heterocycles. The highest BCUT2D eigenvalue weighted by atomic mass is 35.5. The number of aromatic nitrogens is 1. The summed E-state index contributed by atoms with van der Waals surface area (Å²) in [7, 11) is 0. The lowest BCUT2D eigenvalue weighted by Gasteiger charge is -2.35. The summed E-state index contributed by atoms with van der Waals surface area (Å²) >= 11 is 6.13. The van der Waals surface area contributed by atoms with Gasteiger partial charge in [-0.15, -0.1) is 0 Å². The van der Waals surface area contributed by atoms with Gasteiger partial charge in [0.05, 0.1) is 5.02 Å². The van der Waals surface area contributed by atoms with Crippen molar-refractivity contribution in [2.75, 3.05) is 18.0 Å². The average Bonchev–Trinajstić information content (AvgIpc) is 2.66. The Balaban J connectivity index is 1.63. The summed E-state index contributed by atoms with van der Waals surface area (Å²) in [5, 5.41) is 1.36. The summed E-state index contributed by atoms with van der Waals surface area (Å²) in [5.74, 6) is 2.53. The van der Waals surface area contributed by atoms with Crippen LogP contribution in [-0.4, -0.2) is 18.1 Å². The molecule has 3 aromatic rings. The summed E-state index contributed by atoms with van der Waals surface area (Å²) in [4.78, 5) is 7.25. The van der Waals surface area contributed by atoms with Crippen LogP contribution in [0.25, 0.3) is 10.9 Å². The third-order valence-corrected chi connectivity index (χ3v) is 5.65. The second-order valence-corrected chi connectivity index (χ2v) is 8.24. The van der Waals surface area contributed by atoms with E-state index in [9.17, 15) is 4.39 Å².